The van der Waals surface area contributed by atoms with E-state index >= 15 is 0 Å². The molecule has 1 heterocycles. The molecule has 0 spiro atoms. The maximum Gasteiger partial charge on any atom is 0.221 e. The van der Waals surface area contributed by atoms with Gasteiger partial charge in [0.1, 0.15) is 0 Å². The van der Waals surface area contributed by atoms with Crippen molar-refractivity contribution in [2.24, 2.45) is 5.73 Å². The highest BCUT2D eigenvalue weighted by Gasteiger charge is 2.10. The summed E-state index contributed by atoms with van der Waals surface area (Å²) in [7, 11) is 0. The van der Waals surface area contributed by atoms with Crippen molar-refractivity contribution >= 4 is 17.2 Å². The molecular formula is C10H9N2O. The first-order chi connectivity index (χ1) is 6.33. The lowest BCUT2D eigenvalue weighted by Crippen LogP contribution is -2.10. The number of rotatable bonds is 2. The zero-order valence-electron chi connectivity index (χ0n) is 6.95. The number of aromatic nitrogens is 1. The number of carbonyl (C=O) groups excluding carboxylic acids is 1. The molecule has 1 radical (unpaired) electrons. The van der Waals surface area contributed by atoms with Crippen molar-refractivity contribution < 1.29 is 4.79 Å². The second-order valence-corrected chi connectivity index (χ2v) is 2.89. The highest BCUT2D eigenvalue weighted by molar-refractivity contribution is 5.86. The smallest absolute Gasteiger partial charge is 0.221 e. The fourth-order valence-corrected chi connectivity index (χ4v) is 1.41. The van der Waals surface area contributed by atoms with Gasteiger partial charge in [-0.25, -0.2) is 0 Å². The number of fused-ring (bicyclic) bond motifs is 1. The molecule has 3 N–H and O–H groups in total. The van der Waals surface area contributed by atoms with Crippen molar-refractivity contribution in [3.63, 3.8) is 0 Å². The number of nitrogens with two attached hydrogens (primary N) is 1. The van der Waals surface area contributed by atoms with Gasteiger partial charge in [0.05, 0.1) is 6.04 Å². The van der Waals surface area contributed by atoms with Crippen LogP contribution in [-0.2, 0) is 4.79 Å². The van der Waals surface area contributed by atoms with Gasteiger partial charge in [-0.3, -0.25) is 4.79 Å². The number of nitrogens with one attached hydrogen (secondary N) is 1. The summed E-state index contributed by atoms with van der Waals surface area (Å²) in [6, 6.07) is 7.06. The first-order valence-corrected chi connectivity index (χ1v) is 4.02. The Morgan fingerprint density at radius 1 is 1.38 bits per heavy atom. The van der Waals surface area contributed by atoms with Crippen molar-refractivity contribution in [1.29, 1.82) is 0 Å². The Kier molecular flexibility index (Phi) is 1.87. The Labute approximate surface area is 75.6 Å². The lowest BCUT2D eigenvalue weighted by molar-refractivity contribution is 0.544. The van der Waals surface area contributed by atoms with Crippen LogP contribution in [-0.4, -0.2) is 11.3 Å². The quantitative estimate of drug-likeness (QED) is 0.718. The van der Waals surface area contributed by atoms with E-state index in [2.05, 4.69) is 4.98 Å². The Morgan fingerprint density at radius 2 is 2.15 bits per heavy atom. The molecule has 13 heavy (non-hydrogen) atoms. The molecule has 0 aliphatic carbocycles. The molecule has 0 saturated carbocycles. The molecule has 65 valence electrons. The minimum absolute atomic E-state index is 0.656. The van der Waals surface area contributed by atoms with E-state index in [4.69, 9.17) is 5.73 Å². The summed E-state index contributed by atoms with van der Waals surface area (Å²) in [6.45, 7) is 0. The predicted octanol–water partition coefficient (Wildman–Crippen LogP) is 1.28. The van der Waals surface area contributed by atoms with Crippen LogP contribution in [0.25, 0.3) is 10.9 Å². The van der Waals surface area contributed by atoms with Crippen molar-refractivity contribution in [3.8, 4) is 0 Å². The van der Waals surface area contributed by atoms with E-state index in [-0.39, 0.29) is 0 Å². The molecular weight excluding hydrogens is 164 g/mol. The third-order valence-electron chi connectivity index (χ3n) is 2.08. The molecule has 0 bridgehead atoms. The van der Waals surface area contributed by atoms with E-state index < -0.39 is 6.04 Å². The van der Waals surface area contributed by atoms with Gasteiger partial charge in [-0.1, -0.05) is 18.2 Å². The Morgan fingerprint density at radius 3 is 2.92 bits per heavy atom. The maximum absolute atomic E-state index is 10.4. The second-order valence-electron chi connectivity index (χ2n) is 2.89. The molecule has 2 rings (SSSR count). The molecule has 0 aliphatic heterocycles. The molecule has 0 saturated heterocycles. The van der Waals surface area contributed by atoms with Crippen LogP contribution < -0.4 is 5.73 Å². The molecule has 1 aromatic carbocycles. The van der Waals surface area contributed by atoms with E-state index in [1.165, 1.54) is 0 Å². The summed E-state index contributed by atoms with van der Waals surface area (Å²) in [5.41, 5.74) is 7.35. The number of H-pyrrole nitrogens is 1. The third kappa shape index (κ3) is 1.23. The van der Waals surface area contributed by atoms with Gasteiger partial charge >= 0.3 is 0 Å². The number of benzene rings is 1. The van der Waals surface area contributed by atoms with Gasteiger partial charge in [0, 0.05) is 22.7 Å². The van der Waals surface area contributed by atoms with Crippen molar-refractivity contribution in [2.75, 3.05) is 0 Å². The van der Waals surface area contributed by atoms with Crippen LogP contribution in [0, 0.1) is 0 Å². The average molecular weight is 173 g/mol. The number of hydrogen-bond donors (Lipinski definition) is 2. The van der Waals surface area contributed by atoms with E-state index in [9.17, 15) is 4.79 Å². The normalized spacial score (nSPS) is 13.0. The standard InChI is InChI=1S/C10H9N2O/c11-9(6-13)8-5-12-10-4-2-1-3-7(8)10/h1-5,9,12H,11H2. The lowest BCUT2D eigenvalue weighted by atomic mass is 10.1. The Bertz CT molecular complexity index is 433. The highest BCUT2D eigenvalue weighted by atomic mass is 16.1. The molecule has 0 fully saturated rings. The van der Waals surface area contributed by atoms with E-state index in [0.29, 0.717) is 0 Å². The van der Waals surface area contributed by atoms with Crippen LogP contribution >= 0.6 is 0 Å². The molecule has 1 aromatic heterocycles. The molecule has 1 unspecified atom stereocenters. The molecule has 1 atom stereocenters. The largest absolute Gasteiger partial charge is 0.361 e. The number of aromatic amines is 1. The molecule has 0 amide bonds. The molecule has 3 heteroatoms. The first kappa shape index (κ1) is 8.01. The third-order valence-corrected chi connectivity index (χ3v) is 2.08. The summed E-state index contributed by atoms with van der Waals surface area (Å²) in [5, 5.41) is 0.985. The summed E-state index contributed by atoms with van der Waals surface area (Å²) in [5.74, 6) is 0. The van der Waals surface area contributed by atoms with Gasteiger partial charge in [0.2, 0.25) is 6.29 Å². The van der Waals surface area contributed by atoms with Crippen molar-refractivity contribution in [1.82, 2.24) is 4.98 Å². The van der Waals surface area contributed by atoms with E-state index in [1.807, 2.05) is 24.3 Å². The minimum Gasteiger partial charge on any atom is -0.361 e. The lowest BCUT2D eigenvalue weighted by Gasteiger charge is -1.99. The number of hydrogen-bond acceptors (Lipinski definition) is 2. The van der Waals surface area contributed by atoms with Gasteiger partial charge < -0.3 is 10.7 Å². The maximum atomic E-state index is 10.4. The van der Waals surface area contributed by atoms with Gasteiger partial charge in [0.25, 0.3) is 0 Å². The molecule has 0 aliphatic rings. The minimum atomic E-state index is -0.656. The van der Waals surface area contributed by atoms with E-state index in [1.54, 1.807) is 12.5 Å². The topological polar surface area (TPSA) is 58.9 Å². The SMILES string of the molecule is NC([C]=O)c1c[nH]c2ccccc12. The van der Waals surface area contributed by atoms with E-state index in [0.717, 1.165) is 16.5 Å². The summed E-state index contributed by atoms with van der Waals surface area (Å²) >= 11 is 0. The molecule has 2 aromatic rings. The fraction of sp³-hybridized carbons (Fsp3) is 0.100. The molecule has 3 nitrogen and oxygen atoms in total. The Hall–Kier alpha value is -1.61. The summed E-state index contributed by atoms with van der Waals surface area (Å²) in [4.78, 5) is 13.4. The van der Waals surface area contributed by atoms with Gasteiger partial charge in [-0.15, -0.1) is 0 Å². The van der Waals surface area contributed by atoms with Crippen LogP contribution in [0.15, 0.2) is 30.5 Å². The summed E-state index contributed by atoms with van der Waals surface area (Å²) in [6.07, 6.45) is 3.52. The van der Waals surface area contributed by atoms with Crippen LogP contribution in [0.3, 0.4) is 0 Å². The van der Waals surface area contributed by atoms with Gasteiger partial charge in [-0.05, 0) is 6.07 Å². The monoisotopic (exact) mass is 173 g/mol. The van der Waals surface area contributed by atoms with Crippen molar-refractivity contribution in [2.45, 2.75) is 6.04 Å². The van der Waals surface area contributed by atoms with Gasteiger partial charge in [-0.2, -0.15) is 0 Å². The van der Waals surface area contributed by atoms with Crippen LogP contribution in [0.4, 0.5) is 0 Å². The fourth-order valence-electron chi connectivity index (χ4n) is 1.41. The second kappa shape index (κ2) is 3.03. The zero-order chi connectivity index (χ0) is 9.26. The predicted molar refractivity (Wildman–Crippen MR) is 50.9 cm³/mol. The van der Waals surface area contributed by atoms with Crippen molar-refractivity contribution in [3.05, 3.63) is 36.0 Å². The van der Waals surface area contributed by atoms with Gasteiger partial charge in [0.15, 0.2) is 0 Å². The average Bonchev–Trinajstić information content (AvgIpc) is 2.60. The van der Waals surface area contributed by atoms with Crippen LogP contribution in [0.1, 0.15) is 11.6 Å². The summed E-state index contributed by atoms with van der Waals surface area (Å²) < 4.78 is 0. The van der Waals surface area contributed by atoms with Crippen LogP contribution in [0.2, 0.25) is 0 Å². The number of para-hydroxylation sites is 1. The zero-order valence-corrected chi connectivity index (χ0v) is 6.95. The Balaban J connectivity index is 2.64. The van der Waals surface area contributed by atoms with Crippen LogP contribution in [0.5, 0.6) is 0 Å². The first-order valence-electron chi connectivity index (χ1n) is 4.02. The highest BCUT2D eigenvalue weighted by Crippen LogP contribution is 2.21.